The van der Waals surface area contributed by atoms with Crippen LogP contribution in [-0.4, -0.2) is 40.8 Å². The van der Waals surface area contributed by atoms with Crippen molar-refractivity contribution in [1.29, 1.82) is 0 Å². The number of pyridine rings is 1. The fourth-order valence-corrected chi connectivity index (χ4v) is 2.23. The number of hydrogen-bond donors (Lipinski definition) is 0. The highest BCUT2D eigenvalue weighted by atomic mass is 19.3. The van der Waals surface area contributed by atoms with Gasteiger partial charge in [-0.25, -0.2) is 8.78 Å². The number of rotatable bonds is 4. The Morgan fingerprint density at radius 3 is 2.74 bits per heavy atom. The van der Waals surface area contributed by atoms with Crippen LogP contribution in [0.5, 0.6) is 0 Å². The summed E-state index contributed by atoms with van der Waals surface area (Å²) < 4.78 is 27.4. The Kier molecular flexibility index (Phi) is 3.80. The minimum absolute atomic E-state index is 0.130. The number of nitrogens with zero attached hydrogens (tertiary/aromatic N) is 2. The first kappa shape index (κ1) is 13.9. The molecule has 0 radical (unpaired) electrons. The summed E-state index contributed by atoms with van der Waals surface area (Å²) in [6, 6.07) is 3.10. The quantitative estimate of drug-likeness (QED) is 0.776. The van der Waals surface area contributed by atoms with Gasteiger partial charge >= 0.3 is 0 Å². The lowest BCUT2D eigenvalue weighted by Crippen LogP contribution is -2.32. The van der Waals surface area contributed by atoms with Gasteiger partial charge in [-0.05, 0) is 19.1 Å². The highest BCUT2D eigenvalue weighted by Gasteiger charge is 2.37. The van der Waals surface area contributed by atoms with Crippen molar-refractivity contribution in [3.8, 4) is 0 Å². The largest absolute Gasteiger partial charge is 0.314 e. The van der Waals surface area contributed by atoms with E-state index < -0.39 is 5.92 Å². The number of halogens is 2. The molecule has 0 bridgehead atoms. The predicted octanol–water partition coefficient (Wildman–Crippen LogP) is 1.39. The van der Waals surface area contributed by atoms with Crippen molar-refractivity contribution in [3.05, 3.63) is 34.2 Å². The van der Waals surface area contributed by atoms with E-state index in [0.717, 1.165) is 0 Å². The average Bonchev–Trinajstić information content (AvgIpc) is 2.67. The smallest absolute Gasteiger partial charge is 0.261 e. The molecule has 0 aliphatic carbocycles. The molecule has 4 nitrogen and oxygen atoms in total. The lowest BCUT2D eigenvalue weighted by Gasteiger charge is -2.16. The molecular formula is C13H16F2N2O2. The number of alkyl halides is 2. The van der Waals surface area contributed by atoms with Gasteiger partial charge in [-0.3, -0.25) is 14.5 Å². The molecule has 1 aromatic heterocycles. The molecule has 0 amide bonds. The molecule has 0 atom stereocenters. The Hall–Kier alpha value is -1.56. The average molecular weight is 270 g/mol. The van der Waals surface area contributed by atoms with E-state index in [1.165, 1.54) is 17.6 Å². The maximum atomic E-state index is 13.0. The zero-order chi connectivity index (χ0) is 14.0. The van der Waals surface area contributed by atoms with Crippen LogP contribution in [0.2, 0.25) is 0 Å². The monoisotopic (exact) mass is 270 g/mol. The Balaban J connectivity index is 2.03. The third kappa shape index (κ3) is 3.26. The summed E-state index contributed by atoms with van der Waals surface area (Å²) in [7, 11) is 0. The normalized spacial score (nSPS) is 18.7. The van der Waals surface area contributed by atoms with Crippen LogP contribution >= 0.6 is 0 Å². The molecule has 0 saturated carbocycles. The number of carbonyl (C=O) groups excluding carboxylic acids is 1. The molecule has 1 saturated heterocycles. The Morgan fingerprint density at radius 1 is 1.42 bits per heavy atom. The molecule has 2 rings (SSSR count). The van der Waals surface area contributed by atoms with E-state index in [4.69, 9.17) is 0 Å². The highest BCUT2D eigenvalue weighted by molar-refractivity contribution is 5.93. The van der Waals surface area contributed by atoms with E-state index in [1.54, 1.807) is 17.2 Å². The number of ketones is 1. The third-order valence-corrected chi connectivity index (χ3v) is 3.31. The molecule has 104 valence electrons. The molecule has 0 spiro atoms. The van der Waals surface area contributed by atoms with Crippen molar-refractivity contribution in [2.24, 2.45) is 0 Å². The number of Topliss-reactive ketones (excluding diaryl/α,β-unsaturated/α-hetero) is 1. The molecular weight excluding hydrogens is 254 g/mol. The molecule has 1 fully saturated rings. The van der Waals surface area contributed by atoms with Crippen LogP contribution in [0.3, 0.4) is 0 Å². The molecule has 2 heterocycles. The summed E-state index contributed by atoms with van der Waals surface area (Å²) in [4.78, 5) is 24.8. The van der Waals surface area contributed by atoms with Gasteiger partial charge in [-0.15, -0.1) is 0 Å². The highest BCUT2D eigenvalue weighted by Crippen LogP contribution is 2.26. The molecule has 19 heavy (non-hydrogen) atoms. The Morgan fingerprint density at radius 2 is 2.16 bits per heavy atom. The van der Waals surface area contributed by atoms with Gasteiger partial charge < -0.3 is 4.57 Å². The maximum Gasteiger partial charge on any atom is 0.261 e. The molecule has 0 unspecified atom stereocenters. The SMILES string of the molecule is CC(=O)c1cccn(CCN2CCC(F)(F)C2)c1=O. The second-order valence-corrected chi connectivity index (χ2v) is 4.86. The second kappa shape index (κ2) is 5.21. The van der Waals surface area contributed by atoms with E-state index in [9.17, 15) is 18.4 Å². The zero-order valence-corrected chi connectivity index (χ0v) is 10.7. The lowest BCUT2D eigenvalue weighted by atomic mass is 10.2. The van der Waals surface area contributed by atoms with Crippen molar-refractivity contribution in [2.45, 2.75) is 25.8 Å². The number of hydrogen-bond acceptors (Lipinski definition) is 3. The van der Waals surface area contributed by atoms with Crippen LogP contribution in [0.25, 0.3) is 0 Å². The Labute approximate surface area is 109 Å². The summed E-state index contributed by atoms with van der Waals surface area (Å²) in [6.07, 6.45) is 1.44. The number of likely N-dealkylation sites (tertiary alicyclic amines) is 1. The summed E-state index contributed by atoms with van der Waals surface area (Å²) in [5.41, 5.74) is -0.227. The van der Waals surface area contributed by atoms with Crippen molar-refractivity contribution in [3.63, 3.8) is 0 Å². The summed E-state index contributed by atoms with van der Waals surface area (Å²) in [5.74, 6) is -2.90. The van der Waals surface area contributed by atoms with E-state index in [2.05, 4.69) is 0 Å². The first-order valence-electron chi connectivity index (χ1n) is 6.20. The van der Waals surface area contributed by atoms with E-state index in [1.807, 2.05) is 0 Å². The minimum atomic E-state index is -2.62. The van der Waals surface area contributed by atoms with Crippen LogP contribution in [-0.2, 0) is 6.54 Å². The number of aromatic nitrogens is 1. The number of carbonyl (C=O) groups is 1. The molecule has 1 aliphatic heterocycles. The summed E-state index contributed by atoms with van der Waals surface area (Å²) in [6.45, 7) is 2.12. The first-order valence-corrected chi connectivity index (χ1v) is 6.20. The fourth-order valence-electron chi connectivity index (χ4n) is 2.23. The molecule has 0 N–H and O–H groups in total. The first-order chi connectivity index (χ1) is 8.89. The fraction of sp³-hybridized carbons (Fsp3) is 0.538. The molecule has 6 heteroatoms. The summed E-state index contributed by atoms with van der Waals surface area (Å²) in [5, 5.41) is 0. The molecule has 1 aliphatic rings. The summed E-state index contributed by atoms with van der Waals surface area (Å²) >= 11 is 0. The van der Waals surface area contributed by atoms with Gasteiger partial charge in [-0.2, -0.15) is 0 Å². The van der Waals surface area contributed by atoms with Gasteiger partial charge in [0.15, 0.2) is 5.78 Å². The minimum Gasteiger partial charge on any atom is -0.314 e. The molecule has 1 aromatic rings. The van der Waals surface area contributed by atoms with Crippen molar-refractivity contribution < 1.29 is 13.6 Å². The third-order valence-electron chi connectivity index (χ3n) is 3.31. The maximum absolute atomic E-state index is 13.0. The van der Waals surface area contributed by atoms with Crippen LogP contribution in [0.15, 0.2) is 23.1 Å². The van der Waals surface area contributed by atoms with E-state index in [0.29, 0.717) is 19.6 Å². The van der Waals surface area contributed by atoms with Gasteiger partial charge in [0.05, 0.1) is 12.1 Å². The zero-order valence-electron chi connectivity index (χ0n) is 10.7. The van der Waals surface area contributed by atoms with Gasteiger partial charge in [0.25, 0.3) is 11.5 Å². The topological polar surface area (TPSA) is 42.3 Å². The van der Waals surface area contributed by atoms with Crippen molar-refractivity contribution >= 4 is 5.78 Å². The predicted molar refractivity (Wildman–Crippen MR) is 66.7 cm³/mol. The van der Waals surface area contributed by atoms with Gasteiger partial charge in [0.1, 0.15) is 0 Å². The van der Waals surface area contributed by atoms with Crippen LogP contribution in [0.4, 0.5) is 8.78 Å². The lowest BCUT2D eigenvalue weighted by molar-refractivity contribution is 0.0119. The van der Waals surface area contributed by atoms with Crippen molar-refractivity contribution in [1.82, 2.24) is 9.47 Å². The Bertz CT molecular complexity index is 540. The van der Waals surface area contributed by atoms with Gasteiger partial charge in [-0.1, -0.05) is 0 Å². The standard InChI is InChI=1S/C13H16F2N2O2/c1-10(18)11-3-2-5-17(12(11)19)8-7-16-6-4-13(14,15)9-16/h2-3,5H,4,6-9H2,1H3. The molecule has 0 aromatic carbocycles. The van der Waals surface area contributed by atoms with Crippen LogP contribution in [0.1, 0.15) is 23.7 Å². The van der Waals surface area contributed by atoms with Crippen LogP contribution < -0.4 is 5.56 Å². The van der Waals surface area contributed by atoms with Gasteiger partial charge in [0, 0.05) is 32.3 Å². The van der Waals surface area contributed by atoms with Gasteiger partial charge in [0.2, 0.25) is 0 Å². The van der Waals surface area contributed by atoms with Crippen molar-refractivity contribution in [2.75, 3.05) is 19.6 Å². The van der Waals surface area contributed by atoms with Crippen LogP contribution in [0, 0.1) is 0 Å². The van der Waals surface area contributed by atoms with E-state index in [-0.39, 0.29) is 29.9 Å². The second-order valence-electron chi connectivity index (χ2n) is 4.86. The van der Waals surface area contributed by atoms with E-state index >= 15 is 0 Å².